The van der Waals surface area contributed by atoms with Crippen molar-refractivity contribution in [2.75, 3.05) is 11.9 Å². The third-order valence-corrected chi connectivity index (χ3v) is 3.32. The van der Waals surface area contributed by atoms with E-state index in [1.165, 1.54) is 0 Å². The molecule has 0 spiro atoms. The summed E-state index contributed by atoms with van der Waals surface area (Å²) in [6.07, 6.45) is -6.90. The molecule has 5 nitrogen and oxygen atoms in total. The van der Waals surface area contributed by atoms with Crippen molar-refractivity contribution in [2.45, 2.75) is 24.8 Å². The Morgan fingerprint density at radius 2 is 1.96 bits per heavy atom. The van der Waals surface area contributed by atoms with Crippen LogP contribution in [0.25, 0.3) is 0 Å². The Morgan fingerprint density at radius 3 is 2.52 bits per heavy atom. The van der Waals surface area contributed by atoms with Gasteiger partial charge in [-0.3, -0.25) is 0 Å². The van der Waals surface area contributed by atoms with E-state index in [0.29, 0.717) is 17.0 Å². The molecule has 1 fully saturated rings. The van der Waals surface area contributed by atoms with Crippen LogP contribution in [0.15, 0.2) is 18.2 Å². The lowest BCUT2D eigenvalue weighted by Gasteiger charge is -2.21. The molecule has 2 rings (SSSR count). The Bertz CT molecular complexity index is 635. The molecule has 2 N–H and O–H groups in total. The molecule has 2 amide bonds. The Balaban J connectivity index is 2.19. The first-order chi connectivity index (χ1) is 10.6. The van der Waals surface area contributed by atoms with Crippen LogP contribution in [0.5, 0.6) is 0 Å². The number of alkyl halides is 4. The van der Waals surface area contributed by atoms with Gasteiger partial charge in [0, 0.05) is 12.1 Å². The largest absolute Gasteiger partial charge is 0.480 e. The zero-order valence-corrected chi connectivity index (χ0v) is 11.4. The summed E-state index contributed by atoms with van der Waals surface area (Å²) in [6, 6.07) is -0.688. The minimum Gasteiger partial charge on any atom is -0.480 e. The van der Waals surface area contributed by atoms with E-state index in [4.69, 9.17) is 5.11 Å². The maximum absolute atomic E-state index is 13.3. The Kier molecular flexibility index (Phi) is 4.44. The summed E-state index contributed by atoms with van der Waals surface area (Å²) in [5.74, 6) is -2.93. The van der Waals surface area contributed by atoms with Crippen molar-refractivity contribution in [3.05, 3.63) is 29.6 Å². The third-order valence-electron chi connectivity index (χ3n) is 3.32. The molecule has 1 aromatic carbocycles. The molecule has 1 heterocycles. The number of rotatable bonds is 2. The fourth-order valence-electron chi connectivity index (χ4n) is 2.26. The molecule has 23 heavy (non-hydrogen) atoms. The van der Waals surface area contributed by atoms with Crippen molar-refractivity contribution in [3.8, 4) is 0 Å². The summed E-state index contributed by atoms with van der Waals surface area (Å²) in [6.45, 7) is -0.490. The van der Waals surface area contributed by atoms with Crippen molar-refractivity contribution in [3.63, 3.8) is 0 Å². The second-order valence-corrected chi connectivity index (χ2v) is 4.96. The number of benzene rings is 1. The van der Waals surface area contributed by atoms with E-state index in [0.717, 1.165) is 6.07 Å². The molecule has 2 atom stereocenters. The molecule has 1 aromatic rings. The highest BCUT2D eigenvalue weighted by atomic mass is 19.4. The van der Waals surface area contributed by atoms with Gasteiger partial charge in [-0.25, -0.2) is 18.4 Å². The first-order valence-electron chi connectivity index (χ1n) is 6.41. The van der Waals surface area contributed by atoms with Gasteiger partial charge >= 0.3 is 18.2 Å². The van der Waals surface area contributed by atoms with Crippen molar-refractivity contribution < 1.29 is 36.6 Å². The summed E-state index contributed by atoms with van der Waals surface area (Å²) in [5.41, 5.74) is -1.95. The first-order valence-corrected chi connectivity index (χ1v) is 6.41. The van der Waals surface area contributed by atoms with Gasteiger partial charge in [0.1, 0.15) is 18.0 Å². The molecule has 126 valence electrons. The highest BCUT2D eigenvalue weighted by molar-refractivity contribution is 5.92. The smallest absolute Gasteiger partial charge is 0.419 e. The standard InChI is InChI=1S/C13H11F5N2O3/c14-6-3-10(11(21)22)20(5-6)12(23)19-7-1-2-9(15)8(4-7)13(16,17)18/h1-2,4,6,10H,3,5H2,(H,19,23)(H,21,22)/t6-,10-/m0/s1. The van der Waals surface area contributed by atoms with E-state index in [1.54, 1.807) is 0 Å². The molecule has 0 bridgehead atoms. The predicted octanol–water partition coefficient (Wildman–Crippen LogP) is 2.87. The monoisotopic (exact) mass is 338 g/mol. The van der Waals surface area contributed by atoms with Crippen molar-refractivity contribution >= 4 is 17.7 Å². The van der Waals surface area contributed by atoms with Gasteiger partial charge < -0.3 is 15.3 Å². The van der Waals surface area contributed by atoms with Gasteiger partial charge in [-0.2, -0.15) is 13.2 Å². The van der Waals surface area contributed by atoms with Crippen molar-refractivity contribution in [2.24, 2.45) is 0 Å². The highest BCUT2D eigenvalue weighted by Crippen LogP contribution is 2.33. The van der Waals surface area contributed by atoms with Crippen molar-refractivity contribution in [1.29, 1.82) is 0 Å². The number of nitrogens with zero attached hydrogens (tertiary/aromatic N) is 1. The van der Waals surface area contributed by atoms with Gasteiger partial charge in [-0.15, -0.1) is 0 Å². The summed E-state index contributed by atoms with van der Waals surface area (Å²) < 4.78 is 64.2. The van der Waals surface area contributed by atoms with E-state index in [2.05, 4.69) is 0 Å². The number of aliphatic carboxylic acids is 1. The molecule has 0 aliphatic carbocycles. The van der Waals surface area contributed by atoms with E-state index >= 15 is 0 Å². The molecule has 1 aliphatic heterocycles. The van der Waals surface area contributed by atoms with Crippen LogP contribution < -0.4 is 5.32 Å². The topological polar surface area (TPSA) is 69.6 Å². The maximum Gasteiger partial charge on any atom is 0.419 e. The number of halogens is 5. The number of carbonyl (C=O) groups is 2. The number of carboxylic acids is 1. The average molecular weight is 338 g/mol. The van der Waals surface area contributed by atoms with Crippen LogP contribution in [0.4, 0.5) is 32.4 Å². The van der Waals surface area contributed by atoms with Crippen LogP contribution in [0.3, 0.4) is 0 Å². The van der Waals surface area contributed by atoms with Crippen LogP contribution in [0, 0.1) is 5.82 Å². The number of amides is 2. The van der Waals surface area contributed by atoms with Crippen LogP contribution in [-0.4, -0.2) is 40.8 Å². The molecule has 0 unspecified atom stereocenters. The highest BCUT2D eigenvalue weighted by Gasteiger charge is 2.40. The van der Waals surface area contributed by atoms with Crippen LogP contribution in [-0.2, 0) is 11.0 Å². The second-order valence-electron chi connectivity index (χ2n) is 4.96. The summed E-state index contributed by atoms with van der Waals surface area (Å²) in [7, 11) is 0. The summed E-state index contributed by atoms with van der Waals surface area (Å²) in [4.78, 5) is 23.6. The molecule has 0 saturated carbocycles. The number of hydrogen-bond acceptors (Lipinski definition) is 2. The van der Waals surface area contributed by atoms with Gasteiger partial charge in [-0.1, -0.05) is 0 Å². The van der Waals surface area contributed by atoms with E-state index in [-0.39, 0.29) is 5.69 Å². The van der Waals surface area contributed by atoms with Crippen LogP contribution >= 0.6 is 0 Å². The normalized spacial score (nSPS) is 21.3. The number of urea groups is 1. The minimum atomic E-state index is -4.95. The zero-order chi connectivity index (χ0) is 17.4. The van der Waals surface area contributed by atoms with Gasteiger partial charge in [0.2, 0.25) is 0 Å². The fraction of sp³-hybridized carbons (Fsp3) is 0.385. The molecule has 10 heteroatoms. The molecule has 0 radical (unpaired) electrons. The molecule has 0 aromatic heterocycles. The van der Waals surface area contributed by atoms with Gasteiger partial charge in [-0.05, 0) is 18.2 Å². The number of anilines is 1. The second kappa shape index (κ2) is 6.01. The number of carbonyl (C=O) groups excluding carboxylic acids is 1. The number of hydrogen-bond donors (Lipinski definition) is 2. The lowest BCUT2D eigenvalue weighted by Crippen LogP contribution is -2.43. The number of likely N-dealkylation sites (tertiary alicyclic amines) is 1. The van der Waals surface area contributed by atoms with E-state index in [1.807, 2.05) is 5.32 Å². The van der Waals surface area contributed by atoms with Crippen molar-refractivity contribution in [1.82, 2.24) is 4.90 Å². The lowest BCUT2D eigenvalue weighted by atomic mass is 10.2. The number of carboxylic acid groups (broad SMARTS) is 1. The quantitative estimate of drug-likeness (QED) is 0.815. The molecular weight excluding hydrogens is 327 g/mol. The predicted molar refractivity (Wildman–Crippen MR) is 68.1 cm³/mol. The van der Waals surface area contributed by atoms with Crippen LogP contribution in [0.1, 0.15) is 12.0 Å². The summed E-state index contributed by atoms with van der Waals surface area (Å²) in [5, 5.41) is 10.9. The zero-order valence-electron chi connectivity index (χ0n) is 11.4. The minimum absolute atomic E-state index is 0.379. The third kappa shape index (κ3) is 3.69. The molecular formula is C13H11F5N2O3. The van der Waals surface area contributed by atoms with Gasteiger partial charge in [0.05, 0.1) is 12.1 Å². The Hall–Kier alpha value is -2.39. The summed E-state index contributed by atoms with van der Waals surface area (Å²) >= 11 is 0. The Labute approximate surface area is 126 Å². The molecule has 1 saturated heterocycles. The van der Waals surface area contributed by atoms with E-state index in [9.17, 15) is 31.5 Å². The van der Waals surface area contributed by atoms with Gasteiger partial charge in [0.25, 0.3) is 0 Å². The lowest BCUT2D eigenvalue weighted by molar-refractivity contribution is -0.141. The fourth-order valence-corrected chi connectivity index (χ4v) is 2.26. The van der Waals surface area contributed by atoms with Crippen LogP contribution in [0.2, 0.25) is 0 Å². The average Bonchev–Trinajstić information content (AvgIpc) is 2.82. The maximum atomic E-state index is 13.3. The van der Waals surface area contributed by atoms with E-state index < -0.39 is 54.7 Å². The van der Waals surface area contributed by atoms with Gasteiger partial charge in [0.15, 0.2) is 0 Å². The SMILES string of the molecule is O=C(O)[C@@H]1C[C@H](F)CN1C(=O)Nc1ccc(F)c(C(F)(F)F)c1. The number of nitrogens with one attached hydrogen (secondary N) is 1. The molecule has 1 aliphatic rings. The Morgan fingerprint density at radius 1 is 1.30 bits per heavy atom. The first kappa shape index (κ1) is 17.0.